The van der Waals surface area contributed by atoms with E-state index in [0.717, 1.165) is 23.4 Å². The fourth-order valence-electron chi connectivity index (χ4n) is 2.37. The molecule has 1 aliphatic heterocycles. The molecule has 0 aliphatic carbocycles. The van der Waals surface area contributed by atoms with Crippen LogP contribution in [0.5, 0.6) is 5.75 Å². The van der Waals surface area contributed by atoms with Crippen LogP contribution < -0.4 is 4.74 Å². The van der Waals surface area contributed by atoms with Crippen molar-refractivity contribution in [2.24, 2.45) is 0 Å². The van der Waals surface area contributed by atoms with Crippen LogP contribution >= 0.6 is 0 Å². The number of nitrogens with zero attached hydrogens (tertiary/aromatic N) is 2. The highest BCUT2D eigenvalue weighted by Gasteiger charge is 2.30. The Labute approximate surface area is 130 Å². The molecule has 0 N–H and O–H groups in total. The maximum Gasteiger partial charge on any atom is 0.416 e. The molecule has 23 heavy (non-hydrogen) atoms. The molecular formula is C16H13F3N2O2. The summed E-state index contributed by atoms with van der Waals surface area (Å²) < 4.78 is 43.1. The van der Waals surface area contributed by atoms with Crippen LogP contribution in [0.25, 0.3) is 0 Å². The Morgan fingerprint density at radius 3 is 2.78 bits per heavy atom. The summed E-state index contributed by atoms with van der Waals surface area (Å²) in [5.41, 5.74) is 1.00. The summed E-state index contributed by atoms with van der Waals surface area (Å²) in [7, 11) is 0. The first-order valence-electron chi connectivity index (χ1n) is 6.94. The van der Waals surface area contributed by atoms with Crippen molar-refractivity contribution in [2.75, 3.05) is 6.61 Å². The van der Waals surface area contributed by atoms with Crippen LogP contribution in [-0.2, 0) is 24.1 Å². The number of carbonyl (C=O) groups excluding carboxylic acids is 1. The Kier molecular flexibility index (Phi) is 3.94. The molecule has 1 aromatic carbocycles. The molecule has 1 aliphatic rings. The zero-order chi connectivity index (χ0) is 16.4. The highest BCUT2D eigenvalue weighted by Crippen LogP contribution is 2.31. The molecule has 7 heteroatoms. The highest BCUT2D eigenvalue weighted by atomic mass is 19.4. The number of ether oxygens (including phenoxy) is 1. The van der Waals surface area contributed by atoms with Gasteiger partial charge in [-0.05, 0) is 29.8 Å². The first-order chi connectivity index (χ1) is 10.9. The zero-order valence-corrected chi connectivity index (χ0v) is 12.0. The van der Waals surface area contributed by atoms with Crippen molar-refractivity contribution in [2.45, 2.75) is 19.3 Å². The number of hydrogen-bond acceptors (Lipinski definition) is 3. The zero-order valence-electron chi connectivity index (χ0n) is 12.0. The molecule has 0 fully saturated rings. The van der Waals surface area contributed by atoms with Crippen molar-refractivity contribution in [3.63, 3.8) is 0 Å². The van der Waals surface area contributed by atoms with Gasteiger partial charge in [0.25, 0.3) is 5.91 Å². The topological polar surface area (TPSA) is 42.4 Å². The Balaban J connectivity index is 1.60. The lowest BCUT2D eigenvalue weighted by atomic mass is 10.2. The first kappa shape index (κ1) is 15.3. The number of aromatic nitrogens is 1. The van der Waals surface area contributed by atoms with Crippen LogP contribution in [0.15, 0.2) is 42.6 Å². The van der Waals surface area contributed by atoms with E-state index in [1.54, 1.807) is 17.2 Å². The van der Waals surface area contributed by atoms with Gasteiger partial charge in [0.15, 0.2) is 6.61 Å². The Hall–Kier alpha value is -2.57. The lowest BCUT2D eigenvalue weighted by Gasteiger charge is -2.16. The molecule has 2 aromatic rings. The third-order valence-corrected chi connectivity index (χ3v) is 3.56. The van der Waals surface area contributed by atoms with Crippen molar-refractivity contribution in [1.29, 1.82) is 0 Å². The fourth-order valence-corrected chi connectivity index (χ4v) is 2.37. The second-order valence-electron chi connectivity index (χ2n) is 5.17. The molecule has 0 radical (unpaired) electrons. The standard InChI is InChI=1S/C16H13F3N2O2/c17-16(18,19)12-4-1-5-13(7-12)23-10-15(22)21-8-11-3-2-6-20-14(11)9-21/h1-7H,8-10H2. The van der Waals surface area contributed by atoms with Gasteiger partial charge in [-0.25, -0.2) is 0 Å². The molecule has 0 atom stereocenters. The van der Waals surface area contributed by atoms with E-state index in [-0.39, 0.29) is 18.3 Å². The van der Waals surface area contributed by atoms with Gasteiger partial charge in [0.1, 0.15) is 5.75 Å². The summed E-state index contributed by atoms with van der Waals surface area (Å²) in [5, 5.41) is 0. The van der Waals surface area contributed by atoms with Crippen molar-refractivity contribution in [3.8, 4) is 5.75 Å². The van der Waals surface area contributed by atoms with E-state index < -0.39 is 11.7 Å². The normalized spacial score (nSPS) is 13.8. The molecule has 0 saturated carbocycles. The molecule has 0 bridgehead atoms. The van der Waals surface area contributed by atoms with Crippen LogP contribution in [0.2, 0.25) is 0 Å². The van der Waals surface area contributed by atoms with E-state index >= 15 is 0 Å². The van der Waals surface area contributed by atoms with Crippen molar-refractivity contribution in [3.05, 3.63) is 59.4 Å². The molecule has 0 saturated heterocycles. The largest absolute Gasteiger partial charge is 0.484 e. The average molecular weight is 322 g/mol. The number of rotatable bonds is 3. The number of halogens is 3. The van der Waals surface area contributed by atoms with E-state index in [1.807, 2.05) is 6.07 Å². The van der Waals surface area contributed by atoms with E-state index in [1.165, 1.54) is 12.1 Å². The minimum atomic E-state index is -4.44. The lowest BCUT2D eigenvalue weighted by Crippen LogP contribution is -2.30. The van der Waals surface area contributed by atoms with Gasteiger partial charge in [0.05, 0.1) is 17.8 Å². The van der Waals surface area contributed by atoms with E-state index in [9.17, 15) is 18.0 Å². The van der Waals surface area contributed by atoms with Gasteiger partial charge < -0.3 is 9.64 Å². The third kappa shape index (κ3) is 3.44. The van der Waals surface area contributed by atoms with E-state index in [2.05, 4.69) is 4.98 Å². The molecule has 0 spiro atoms. The second kappa shape index (κ2) is 5.91. The molecule has 3 rings (SSSR count). The summed E-state index contributed by atoms with van der Waals surface area (Å²) in [5.74, 6) is -0.275. The predicted octanol–water partition coefficient (Wildman–Crippen LogP) is 3.02. The summed E-state index contributed by atoms with van der Waals surface area (Å²) in [6.45, 7) is 0.518. The van der Waals surface area contributed by atoms with Gasteiger partial charge in [-0.1, -0.05) is 12.1 Å². The highest BCUT2D eigenvalue weighted by molar-refractivity contribution is 5.78. The quantitative estimate of drug-likeness (QED) is 0.872. The number of benzene rings is 1. The maximum atomic E-state index is 12.6. The molecule has 0 unspecified atom stereocenters. The van der Waals surface area contributed by atoms with Gasteiger partial charge in [-0.2, -0.15) is 13.2 Å². The minimum absolute atomic E-state index is 0.0167. The Bertz CT molecular complexity index is 706. The summed E-state index contributed by atoms with van der Waals surface area (Å²) >= 11 is 0. The molecule has 4 nitrogen and oxygen atoms in total. The van der Waals surface area contributed by atoms with Gasteiger partial charge in [-0.15, -0.1) is 0 Å². The van der Waals surface area contributed by atoms with Crippen LogP contribution in [0.4, 0.5) is 13.2 Å². The number of fused-ring (bicyclic) bond motifs is 1. The van der Waals surface area contributed by atoms with Crippen LogP contribution in [0.1, 0.15) is 16.8 Å². The summed E-state index contributed by atoms with van der Waals surface area (Å²) in [4.78, 5) is 17.9. The van der Waals surface area contributed by atoms with E-state index in [4.69, 9.17) is 4.74 Å². The van der Waals surface area contributed by atoms with Gasteiger partial charge in [0.2, 0.25) is 0 Å². The fraction of sp³-hybridized carbons (Fsp3) is 0.250. The maximum absolute atomic E-state index is 12.6. The molecule has 1 amide bonds. The number of amides is 1. The Morgan fingerprint density at radius 2 is 2.04 bits per heavy atom. The third-order valence-electron chi connectivity index (χ3n) is 3.56. The van der Waals surface area contributed by atoms with Gasteiger partial charge >= 0.3 is 6.18 Å². The predicted molar refractivity (Wildman–Crippen MR) is 75.4 cm³/mol. The number of carbonyl (C=O) groups is 1. The van der Waals surface area contributed by atoms with Crippen LogP contribution in [0, 0.1) is 0 Å². The number of pyridine rings is 1. The van der Waals surface area contributed by atoms with Gasteiger partial charge in [0, 0.05) is 12.7 Å². The van der Waals surface area contributed by atoms with Gasteiger partial charge in [-0.3, -0.25) is 9.78 Å². The second-order valence-corrected chi connectivity index (χ2v) is 5.17. The first-order valence-corrected chi connectivity index (χ1v) is 6.94. The molecule has 2 heterocycles. The van der Waals surface area contributed by atoms with Crippen LogP contribution in [-0.4, -0.2) is 22.4 Å². The van der Waals surface area contributed by atoms with Crippen molar-refractivity contribution in [1.82, 2.24) is 9.88 Å². The lowest BCUT2D eigenvalue weighted by molar-refractivity contribution is -0.137. The summed E-state index contributed by atoms with van der Waals surface area (Å²) in [6.07, 6.45) is -2.78. The Morgan fingerprint density at radius 1 is 1.22 bits per heavy atom. The van der Waals surface area contributed by atoms with Crippen LogP contribution in [0.3, 0.4) is 0 Å². The number of hydrogen-bond donors (Lipinski definition) is 0. The van der Waals surface area contributed by atoms with Crippen molar-refractivity contribution >= 4 is 5.91 Å². The smallest absolute Gasteiger partial charge is 0.416 e. The monoisotopic (exact) mass is 322 g/mol. The SMILES string of the molecule is O=C(COc1cccc(C(F)(F)F)c1)N1Cc2cccnc2C1. The molecule has 120 valence electrons. The molecule has 1 aromatic heterocycles. The van der Waals surface area contributed by atoms with E-state index in [0.29, 0.717) is 13.1 Å². The average Bonchev–Trinajstić information content (AvgIpc) is 2.96. The summed E-state index contributed by atoms with van der Waals surface area (Å²) in [6, 6.07) is 8.17. The minimum Gasteiger partial charge on any atom is -0.484 e. The van der Waals surface area contributed by atoms with Crippen molar-refractivity contribution < 1.29 is 22.7 Å². The molecular weight excluding hydrogens is 309 g/mol. The number of alkyl halides is 3.